The number of hydrogen-bond acceptors (Lipinski definition) is 6. The van der Waals surface area contributed by atoms with Crippen molar-refractivity contribution in [3.05, 3.63) is 108 Å². The van der Waals surface area contributed by atoms with Gasteiger partial charge in [0.05, 0.1) is 25.2 Å². The summed E-state index contributed by atoms with van der Waals surface area (Å²) in [5, 5.41) is 4.35. The van der Waals surface area contributed by atoms with Crippen molar-refractivity contribution < 1.29 is 22.1 Å². The molecule has 0 aromatic heterocycles. The lowest BCUT2D eigenvalue weighted by atomic mass is 10.0. The number of carbonyl (C=O) groups excluding carboxylic acids is 1. The van der Waals surface area contributed by atoms with E-state index in [0.29, 0.717) is 12.3 Å². The van der Waals surface area contributed by atoms with Crippen molar-refractivity contribution >= 4 is 21.7 Å². The Labute approximate surface area is 200 Å². The van der Waals surface area contributed by atoms with Gasteiger partial charge in [-0.1, -0.05) is 91.0 Å². The molecule has 1 atom stereocenters. The van der Waals surface area contributed by atoms with Gasteiger partial charge in [-0.05, 0) is 12.0 Å². The van der Waals surface area contributed by atoms with Crippen molar-refractivity contribution in [1.82, 2.24) is 5.43 Å². The molecule has 0 aliphatic carbocycles. The van der Waals surface area contributed by atoms with E-state index in [9.17, 15) is 13.2 Å². The molecule has 3 rings (SSSR count). The summed E-state index contributed by atoms with van der Waals surface area (Å²) in [5.74, 6) is -0.352. The Hall–Kier alpha value is -3.33. The Morgan fingerprint density at radius 2 is 1.41 bits per heavy atom. The molecule has 0 aliphatic heterocycles. The first-order valence-corrected chi connectivity index (χ1v) is 12.7. The van der Waals surface area contributed by atoms with Gasteiger partial charge in [0.1, 0.15) is 6.10 Å². The smallest absolute Gasteiger partial charge is 0.264 e. The van der Waals surface area contributed by atoms with E-state index in [-0.39, 0.29) is 25.4 Å². The van der Waals surface area contributed by atoms with Crippen LogP contribution in [0, 0.1) is 0 Å². The van der Waals surface area contributed by atoms with Gasteiger partial charge in [0.25, 0.3) is 10.1 Å². The SMILES string of the molecule is CS(=O)(=O)OC(CCC(=O)NN=C(c1ccccc1)c1ccccc1)COCc1ccccc1. The highest BCUT2D eigenvalue weighted by molar-refractivity contribution is 7.86. The standard InChI is InChI=1S/C26H28N2O5S/c1-34(30,31)33-24(20-32-19-21-11-5-2-6-12-21)17-18-25(29)27-28-26(22-13-7-3-8-14-22)23-15-9-4-10-16-23/h2-16,24H,17-20H2,1H3,(H,27,29). The number of hydrogen-bond donors (Lipinski definition) is 1. The third kappa shape index (κ3) is 8.90. The minimum Gasteiger partial charge on any atom is -0.374 e. The number of nitrogens with zero attached hydrogens (tertiary/aromatic N) is 1. The molecule has 7 nitrogen and oxygen atoms in total. The number of nitrogens with one attached hydrogen (secondary N) is 1. The van der Waals surface area contributed by atoms with E-state index >= 15 is 0 Å². The van der Waals surface area contributed by atoms with Crippen LogP contribution < -0.4 is 5.43 Å². The monoisotopic (exact) mass is 480 g/mol. The minimum absolute atomic E-state index is 0.0231. The van der Waals surface area contributed by atoms with Crippen LogP contribution in [0.25, 0.3) is 0 Å². The molecule has 178 valence electrons. The Kier molecular flexibility index (Phi) is 9.51. The molecule has 34 heavy (non-hydrogen) atoms. The lowest BCUT2D eigenvalue weighted by Crippen LogP contribution is -2.27. The summed E-state index contributed by atoms with van der Waals surface area (Å²) in [7, 11) is -3.70. The van der Waals surface area contributed by atoms with E-state index in [2.05, 4.69) is 10.5 Å². The lowest BCUT2D eigenvalue weighted by molar-refractivity contribution is -0.121. The van der Waals surface area contributed by atoms with Crippen molar-refractivity contribution in [2.75, 3.05) is 12.9 Å². The molecular formula is C26H28N2O5S. The number of ether oxygens (including phenoxy) is 1. The Balaban J connectivity index is 1.60. The van der Waals surface area contributed by atoms with Crippen LogP contribution in [0.5, 0.6) is 0 Å². The largest absolute Gasteiger partial charge is 0.374 e. The predicted molar refractivity (Wildman–Crippen MR) is 132 cm³/mol. The van der Waals surface area contributed by atoms with Crippen molar-refractivity contribution in [2.24, 2.45) is 5.10 Å². The molecular weight excluding hydrogens is 452 g/mol. The summed E-state index contributed by atoms with van der Waals surface area (Å²) >= 11 is 0. The molecule has 3 aromatic carbocycles. The van der Waals surface area contributed by atoms with E-state index in [1.54, 1.807) is 0 Å². The van der Waals surface area contributed by atoms with Crippen molar-refractivity contribution in [1.29, 1.82) is 0 Å². The topological polar surface area (TPSA) is 94.1 Å². The second-order valence-corrected chi connectivity index (χ2v) is 9.29. The molecule has 1 amide bonds. The van der Waals surface area contributed by atoms with Gasteiger partial charge in [-0.3, -0.25) is 8.98 Å². The van der Waals surface area contributed by atoms with Gasteiger partial charge >= 0.3 is 0 Å². The fraction of sp³-hybridized carbons (Fsp3) is 0.231. The molecule has 0 fully saturated rings. The zero-order valence-electron chi connectivity index (χ0n) is 19.0. The van der Waals surface area contributed by atoms with E-state index < -0.39 is 16.2 Å². The van der Waals surface area contributed by atoms with E-state index in [0.717, 1.165) is 22.9 Å². The van der Waals surface area contributed by atoms with Gasteiger partial charge < -0.3 is 4.74 Å². The maximum Gasteiger partial charge on any atom is 0.264 e. The number of carbonyl (C=O) groups is 1. The second kappa shape index (κ2) is 12.8. The highest BCUT2D eigenvalue weighted by atomic mass is 32.2. The zero-order chi connectivity index (χ0) is 24.2. The third-order valence-electron chi connectivity index (χ3n) is 4.81. The van der Waals surface area contributed by atoms with Crippen LogP contribution in [0.3, 0.4) is 0 Å². The summed E-state index contributed by atoms with van der Waals surface area (Å²) in [6.45, 7) is 0.357. The fourth-order valence-electron chi connectivity index (χ4n) is 3.24. The molecule has 0 saturated carbocycles. The van der Waals surface area contributed by atoms with E-state index in [1.807, 2.05) is 91.0 Å². The molecule has 0 aliphatic rings. The Bertz CT molecular complexity index is 1130. The lowest BCUT2D eigenvalue weighted by Gasteiger charge is -2.16. The maximum absolute atomic E-state index is 12.5. The Morgan fingerprint density at radius 1 is 0.882 bits per heavy atom. The molecule has 0 saturated heterocycles. The van der Waals surface area contributed by atoms with Gasteiger partial charge in [-0.25, -0.2) is 5.43 Å². The summed E-state index contributed by atoms with van der Waals surface area (Å²) in [6.07, 6.45) is 0.383. The normalized spacial score (nSPS) is 12.0. The van der Waals surface area contributed by atoms with E-state index in [4.69, 9.17) is 8.92 Å². The molecule has 3 aromatic rings. The summed E-state index contributed by atoms with van der Waals surface area (Å²) in [4.78, 5) is 12.5. The van der Waals surface area contributed by atoms with E-state index in [1.165, 1.54) is 0 Å². The number of amides is 1. The van der Waals surface area contributed by atoms with Crippen molar-refractivity contribution in [3.8, 4) is 0 Å². The summed E-state index contributed by atoms with van der Waals surface area (Å²) in [5.41, 5.74) is 5.90. The van der Waals surface area contributed by atoms with Gasteiger partial charge in [-0.15, -0.1) is 0 Å². The Morgan fingerprint density at radius 3 is 1.94 bits per heavy atom. The molecule has 0 spiro atoms. The molecule has 0 radical (unpaired) electrons. The fourth-order valence-corrected chi connectivity index (χ4v) is 3.89. The first kappa shape index (κ1) is 25.3. The van der Waals surface area contributed by atoms with Crippen LogP contribution >= 0.6 is 0 Å². The number of benzene rings is 3. The van der Waals surface area contributed by atoms with Crippen molar-refractivity contribution in [2.45, 2.75) is 25.6 Å². The third-order valence-corrected chi connectivity index (χ3v) is 5.43. The van der Waals surface area contributed by atoms with Crippen LogP contribution in [-0.4, -0.2) is 39.0 Å². The zero-order valence-corrected chi connectivity index (χ0v) is 19.8. The van der Waals surface area contributed by atoms with Gasteiger partial charge in [0, 0.05) is 17.5 Å². The number of hydrazone groups is 1. The molecule has 1 N–H and O–H groups in total. The first-order valence-electron chi connectivity index (χ1n) is 10.9. The first-order chi connectivity index (χ1) is 16.4. The van der Waals surface area contributed by atoms with Crippen LogP contribution in [-0.2, 0) is 30.4 Å². The highest BCUT2D eigenvalue weighted by Gasteiger charge is 2.18. The van der Waals surface area contributed by atoms with Gasteiger partial charge in [0.15, 0.2) is 0 Å². The molecule has 8 heteroatoms. The second-order valence-electron chi connectivity index (χ2n) is 7.69. The maximum atomic E-state index is 12.5. The highest BCUT2D eigenvalue weighted by Crippen LogP contribution is 2.12. The van der Waals surface area contributed by atoms with Crippen LogP contribution in [0.15, 0.2) is 96.1 Å². The van der Waals surface area contributed by atoms with Crippen LogP contribution in [0.1, 0.15) is 29.5 Å². The molecule has 0 heterocycles. The van der Waals surface area contributed by atoms with Crippen LogP contribution in [0.4, 0.5) is 0 Å². The summed E-state index contributed by atoms with van der Waals surface area (Å²) in [6, 6.07) is 28.6. The van der Waals surface area contributed by atoms with Gasteiger partial charge in [-0.2, -0.15) is 13.5 Å². The summed E-state index contributed by atoms with van der Waals surface area (Å²) < 4.78 is 34.0. The molecule has 0 bridgehead atoms. The minimum atomic E-state index is -3.70. The van der Waals surface area contributed by atoms with Gasteiger partial charge in [0.2, 0.25) is 5.91 Å². The quantitative estimate of drug-likeness (QED) is 0.241. The average Bonchev–Trinajstić information content (AvgIpc) is 2.84. The molecule has 1 unspecified atom stereocenters. The van der Waals surface area contributed by atoms with Crippen molar-refractivity contribution in [3.63, 3.8) is 0 Å². The van der Waals surface area contributed by atoms with Crippen LogP contribution in [0.2, 0.25) is 0 Å². The predicted octanol–water partition coefficient (Wildman–Crippen LogP) is 3.90. The average molecular weight is 481 g/mol. The number of rotatable bonds is 12.